The van der Waals surface area contributed by atoms with Gasteiger partial charge in [0.15, 0.2) is 0 Å². The molecule has 2 heterocycles. The monoisotopic (exact) mass is 581 g/mol. The van der Waals surface area contributed by atoms with Crippen LogP contribution in [0.15, 0.2) is 41.3 Å². The number of nitrogens with zero attached hydrogens (tertiary/aromatic N) is 2. The molecule has 0 saturated carbocycles. The Hall–Kier alpha value is -4.33. The molecule has 2 atom stereocenters. The Balaban J connectivity index is 1.89. The standard InChI is InChI=1S/C27H25F6N5O3/c1-12-10-38(11-13(2)37(12)3)23-8-21(30)15(14-4-16(25(34)40)20(29)7-19(14)28)5-22(23)36-26(41)17-9-35-24(39)6-18(17)27(31,32)33/h4-9,12-13H,10-11H2,1-3H3,(H2,34,40)(H,35,39)(H,36,41). The summed E-state index contributed by atoms with van der Waals surface area (Å²) in [6.45, 7) is 4.49. The quantitative estimate of drug-likeness (QED) is 0.388. The summed E-state index contributed by atoms with van der Waals surface area (Å²) in [5.74, 6) is -6.08. The van der Waals surface area contributed by atoms with Gasteiger partial charge in [0.2, 0.25) is 5.56 Å². The van der Waals surface area contributed by atoms with Gasteiger partial charge in [-0.2, -0.15) is 13.2 Å². The number of carbonyl (C=O) groups is 2. The van der Waals surface area contributed by atoms with Gasteiger partial charge < -0.3 is 20.9 Å². The van der Waals surface area contributed by atoms with Crippen molar-refractivity contribution in [2.24, 2.45) is 5.73 Å². The predicted octanol–water partition coefficient (Wildman–Crippen LogP) is 4.36. The number of anilines is 2. The molecule has 0 radical (unpaired) electrons. The Morgan fingerprint density at radius 1 is 0.927 bits per heavy atom. The van der Waals surface area contributed by atoms with Crippen molar-refractivity contribution in [2.45, 2.75) is 32.1 Å². The van der Waals surface area contributed by atoms with Crippen molar-refractivity contribution < 1.29 is 35.9 Å². The van der Waals surface area contributed by atoms with Gasteiger partial charge in [0.1, 0.15) is 17.5 Å². The van der Waals surface area contributed by atoms with E-state index in [0.717, 1.165) is 12.1 Å². The average molecular weight is 582 g/mol. The molecular formula is C27H25F6N5O3. The molecule has 4 rings (SSSR count). The van der Waals surface area contributed by atoms with Crippen molar-refractivity contribution in [3.05, 3.63) is 81.0 Å². The summed E-state index contributed by atoms with van der Waals surface area (Å²) < 4.78 is 85.4. The first-order chi connectivity index (χ1) is 19.1. The number of rotatable bonds is 5. The number of piperazine rings is 1. The molecule has 2 amide bonds. The summed E-state index contributed by atoms with van der Waals surface area (Å²) in [6, 6.07) is 3.15. The first-order valence-corrected chi connectivity index (χ1v) is 12.3. The number of halogens is 6. The summed E-state index contributed by atoms with van der Waals surface area (Å²) in [5, 5.41) is 2.33. The number of carbonyl (C=O) groups excluding carboxylic acids is 2. The summed E-state index contributed by atoms with van der Waals surface area (Å²) in [6.07, 6.45) is -4.45. The van der Waals surface area contributed by atoms with Crippen molar-refractivity contribution >= 4 is 23.2 Å². The highest BCUT2D eigenvalue weighted by molar-refractivity contribution is 6.07. The predicted molar refractivity (Wildman–Crippen MR) is 139 cm³/mol. The molecule has 0 bridgehead atoms. The van der Waals surface area contributed by atoms with E-state index in [1.165, 1.54) is 0 Å². The molecule has 0 spiro atoms. The van der Waals surface area contributed by atoms with E-state index in [0.29, 0.717) is 31.4 Å². The number of primary amides is 1. The van der Waals surface area contributed by atoms with Gasteiger partial charge in [-0.15, -0.1) is 0 Å². The highest BCUT2D eigenvalue weighted by Crippen LogP contribution is 2.38. The lowest BCUT2D eigenvalue weighted by Crippen LogP contribution is -2.55. The maximum Gasteiger partial charge on any atom is 0.417 e. The van der Waals surface area contributed by atoms with Crippen molar-refractivity contribution in [3.8, 4) is 11.1 Å². The van der Waals surface area contributed by atoms with Gasteiger partial charge >= 0.3 is 6.18 Å². The third kappa shape index (κ3) is 5.92. The second-order valence-electron chi connectivity index (χ2n) is 9.87. The number of alkyl halides is 3. The zero-order valence-electron chi connectivity index (χ0n) is 22.0. The number of aromatic nitrogens is 1. The fourth-order valence-electron chi connectivity index (χ4n) is 4.76. The Bertz CT molecular complexity index is 1580. The number of pyridine rings is 1. The van der Waals surface area contributed by atoms with Gasteiger partial charge in [-0.25, -0.2) is 13.2 Å². The average Bonchev–Trinajstić information content (AvgIpc) is 2.87. The largest absolute Gasteiger partial charge is 0.417 e. The molecule has 4 N–H and O–H groups in total. The van der Waals surface area contributed by atoms with E-state index in [9.17, 15) is 36.3 Å². The van der Waals surface area contributed by atoms with Crippen molar-refractivity contribution in [2.75, 3.05) is 30.4 Å². The van der Waals surface area contributed by atoms with Crippen LogP contribution in [0.5, 0.6) is 0 Å². The number of nitrogens with two attached hydrogens (primary N) is 1. The zero-order chi connectivity index (χ0) is 30.4. The number of H-pyrrole nitrogens is 1. The van der Waals surface area contributed by atoms with Gasteiger partial charge in [0, 0.05) is 54.6 Å². The second-order valence-corrected chi connectivity index (χ2v) is 9.87. The fraction of sp³-hybridized carbons (Fsp3) is 0.296. The maximum atomic E-state index is 15.6. The maximum absolute atomic E-state index is 15.6. The second kappa shape index (κ2) is 10.9. The van der Waals surface area contributed by atoms with Crippen LogP contribution in [0.1, 0.15) is 40.1 Å². The number of aromatic amines is 1. The minimum Gasteiger partial charge on any atom is -0.367 e. The summed E-state index contributed by atoms with van der Waals surface area (Å²) in [7, 11) is 1.89. The third-order valence-corrected chi connectivity index (χ3v) is 7.12. The SMILES string of the molecule is CC1CN(c2cc(F)c(-c3cc(C(N)=O)c(F)cc3F)cc2NC(=O)c2c[nH]c(=O)cc2C(F)(F)F)CC(C)N1C. The van der Waals surface area contributed by atoms with Crippen LogP contribution in [0.25, 0.3) is 11.1 Å². The van der Waals surface area contributed by atoms with Crippen LogP contribution < -0.4 is 21.5 Å². The molecule has 1 saturated heterocycles. The van der Waals surface area contributed by atoms with Crippen molar-refractivity contribution in [1.82, 2.24) is 9.88 Å². The Morgan fingerprint density at radius 2 is 1.51 bits per heavy atom. The van der Waals surface area contributed by atoms with E-state index in [-0.39, 0.29) is 29.5 Å². The first-order valence-electron chi connectivity index (χ1n) is 12.3. The lowest BCUT2D eigenvalue weighted by atomic mass is 9.98. The molecule has 1 fully saturated rings. The minimum absolute atomic E-state index is 0.0475. The van der Waals surface area contributed by atoms with Gasteiger partial charge in [0.25, 0.3) is 11.8 Å². The molecule has 218 valence electrons. The molecule has 1 aliphatic rings. The number of hydrogen-bond donors (Lipinski definition) is 3. The Kier molecular flexibility index (Phi) is 7.89. The zero-order valence-corrected chi connectivity index (χ0v) is 22.0. The van der Waals surface area contributed by atoms with Crippen LogP contribution in [0.4, 0.5) is 37.7 Å². The summed E-state index contributed by atoms with van der Waals surface area (Å²) in [5.41, 5.74) is -0.275. The molecule has 0 aliphatic carbocycles. The molecule has 8 nitrogen and oxygen atoms in total. The lowest BCUT2D eigenvalue weighted by Gasteiger charge is -2.44. The Morgan fingerprint density at radius 3 is 2.10 bits per heavy atom. The van der Waals surface area contributed by atoms with E-state index in [2.05, 4.69) is 10.2 Å². The first kappa shape index (κ1) is 29.6. The molecule has 1 aliphatic heterocycles. The van der Waals surface area contributed by atoms with Crippen molar-refractivity contribution in [3.63, 3.8) is 0 Å². The highest BCUT2D eigenvalue weighted by Gasteiger charge is 2.36. The molecule has 3 aromatic rings. The Labute approximate surface area is 229 Å². The molecule has 14 heteroatoms. The third-order valence-electron chi connectivity index (χ3n) is 7.12. The summed E-state index contributed by atoms with van der Waals surface area (Å²) in [4.78, 5) is 42.2. The van der Waals surface area contributed by atoms with Crippen LogP contribution in [0, 0.1) is 17.5 Å². The van der Waals surface area contributed by atoms with Gasteiger partial charge in [0.05, 0.1) is 28.1 Å². The number of likely N-dealkylation sites (N-methyl/N-ethyl adjacent to an activating group) is 1. The van der Waals surface area contributed by atoms with E-state index < -0.39 is 68.8 Å². The molecule has 1 aromatic heterocycles. The summed E-state index contributed by atoms with van der Waals surface area (Å²) >= 11 is 0. The van der Waals surface area contributed by atoms with E-state index in [1.54, 1.807) is 4.90 Å². The van der Waals surface area contributed by atoms with E-state index in [1.807, 2.05) is 25.9 Å². The van der Waals surface area contributed by atoms with Gasteiger partial charge in [-0.05, 0) is 39.1 Å². The number of benzene rings is 2. The minimum atomic E-state index is -5.05. The number of amides is 2. The van der Waals surface area contributed by atoms with Crippen LogP contribution in [-0.4, -0.2) is 53.9 Å². The molecular weight excluding hydrogens is 556 g/mol. The smallest absolute Gasteiger partial charge is 0.367 e. The van der Waals surface area contributed by atoms with Crippen molar-refractivity contribution in [1.29, 1.82) is 0 Å². The highest BCUT2D eigenvalue weighted by atomic mass is 19.4. The van der Waals surface area contributed by atoms with Gasteiger partial charge in [-0.3, -0.25) is 19.3 Å². The number of nitrogens with one attached hydrogen (secondary N) is 2. The van der Waals surface area contributed by atoms with Crippen LogP contribution in [0.3, 0.4) is 0 Å². The fourth-order valence-corrected chi connectivity index (χ4v) is 4.76. The van der Waals surface area contributed by atoms with Crippen LogP contribution >= 0.6 is 0 Å². The normalized spacial score (nSPS) is 17.9. The molecule has 2 aromatic carbocycles. The molecule has 2 unspecified atom stereocenters. The number of hydrogen-bond acceptors (Lipinski definition) is 5. The van der Waals surface area contributed by atoms with E-state index >= 15 is 4.39 Å². The topological polar surface area (TPSA) is 112 Å². The lowest BCUT2D eigenvalue weighted by molar-refractivity contribution is -0.138. The van der Waals surface area contributed by atoms with Crippen LogP contribution in [0.2, 0.25) is 0 Å². The van der Waals surface area contributed by atoms with Crippen LogP contribution in [-0.2, 0) is 6.18 Å². The molecule has 41 heavy (non-hydrogen) atoms. The van der Waals surface area contributed by atoms with E-state index in [4.69, 9.17) is 5.73 Å². The van der Waals surface area contributed by atoms with Gasteiger partial charge in [-0.1, -0.05) is 0 Å².